The number of amides is 1. The molecule has 0 radical (unpaired) electrons. The number of aliphatic hydroxyl groups is 1. The Morgan fingerprint density at radius 1 is 0.800 bits per heavy atom. The smallest absolute Gasteiger partial charge is 0.329 e. The van der Waals surface area contributed by atoms with Crippen LogP contribution in [0.5, 0.6) is 5.75 Å². The highest BCUT2D eigenvalue weighted by Crippen LogP contribution is 2.31. The number of hydrogen-bond donors (Lipinski definition) is 3. The van der Waals surface area contributed by atoms with E-state index in [0.29, 0.717) is 22.9 Å². The molecular formula is C45H51N3O6S. The molecule has 0 aliphatic heterocycles. The number of nitrogens with one attached hydrogen (secondary N) is 1. The third-order valence-electron chi connectivity index (χ3n) is 9.49. The maximum Gasteiger partial charge on any atom is 0.329 e. The van der Waals surface area contributed by atoms with Crippen LogP contribution in [0.3, 0.4) is 0 Å². The van der Waals surface area contributed by atoms with Gasteiger partial charge in [0.25, 0.3) is 0 Å². The van der Waals surface area contributed by atoms with E-state index in [0.717, 1.165) is 39.3 Å². The Balaban J connectivity index is 1.27. The minimum atomic E-state index is -1.61. The molecule has 55 heavy (non-hydrogen) atoms. The van der Waals surface area contributed by atoms with Gasteiger partial charge in [-0.3, -0.25) is 9.59 Å². The highest BCUT2D eigenvalue weighted by atomic mass is 32.1. The molecule has 0 saturated heterocycles. The predicted octanol–water partition coefficient (Wildman–Crippen LogP) is 9.25. The van der Waals surface area contributed by atoms with Gasteiger partial charge in [0.15, 0.2) is 17.6 Å². The number of thiophene rings is 1. The summed E-state index contributed by atoms with van der Waals surface area (Å²) < 4.78 is 5.90. The largest absolute Gasteiger partial charge is 0.494 e. The number of unbranched alkanes of at least 4 members (excludes halogenated alkanes) is 4. The molecule has 0 spiro atoms. The van der Waals surface area contributed by atoms with Crippen molar-refractivity contribution < 1.29 is 29.3 Å². The van der Waals surface area contributed by atoms with E-state index in [4.69, 9.17) is 4.74 Å². The molecule has 9 nitrogen and oxygen atoms in total. The number of carboxylic acids is 1. The van der Waals surface area contributed by atoms with Crippen LogP contribution in [0.2, 0.25) is 0 Å². The molecule has 5 aromatic rings. The molecule has 0 aliphatic rings. The van der Waals surface area contributed by atoms with Gasteiger partial charge >= 0.3 is 5.97 Å². The van der Waals surface area contributed by atoms with E-state index < -0.39 is 29.9 Å². The van der Waals surface area contributed by atoms with Crippen molar-refractivity contribution in [3.63, 3.8) is 0 Å². The van der Waals surface area contributed by atoms with E-state index in [1.165, 1.54) is 37.0 Å². The Morgan fingerprint density at radius 3 is 2.07 bits per heavy atom. The van der Waals surface area contributed by atoms with Crippen LogP contribution < -0.4 is 10.1 Å². The fourth-order valence-corrected chi connectivity index (χ4v) is 7.21. The molecule has 0 aliphatic carbocycles. The minimum Gasteiger partial charge on any atom is -0.494 e. The van der Waals surface area contributed by atoms with Gasteiger partial charge in [-0.25, -0.2) is 14.8 Å². The summed E-state index contributed by atoms with van der Waals surface area (Å²) in [4.78, 5) is 50.5. The Labute approximate surface area is 327 Å². The molecule has 288 valence electrons. The first kappa shape index (κ1) is 41.0. The summed E-state index contributed by atoms with van der Waals surface area (Å²) in [6.45, 7) is 9.14. The van der Waals surface area contributed by atoms with Gasteiger partial charge in [-0.2, -0.15) is 0 Å². The molecule has 2 aromatic heterocycles. The van der Waals surface area contributed by atoms with E-state index in [2.05, 4.69) is 43.0 Å². The molecule has 0 saturated carbocycles. The fraction of sp³-hybridized carbons (Fsp3) is 0.356. The first-order valence-corrected chi connectivity index (χ1v) is 19.8. The molecule has 10 heteroatoms. The molecule has 3 atom stereocenters. The number of benzene rings is 3. The van der Waals surface area contributed by atoms with Crippen LogP contribution in [0.4, 0.5) is 0 Å². The van der Waals surface area contributed by atoms with Gasteiger partial charge < -0.3 is 20.3 Å². The molecule has 0 unspecified atom stereocenters. The number of nitrogens with zero attached hydrogens (tertiary/aromatic N) is 2. The summed E-state index contributed by atoms with van der Waals surface area (Å²) in [5.41, 5.74) is 3.63. The standard InChI is InChI=1S/C45H51N3O6S/c1-5-6-7-8-12-25-54-36-21-19-31(20-22-36)35-28-46-42(47-29-35)33-17-15-30(16-18-33)26-34(27-37(49)38-23-24-39(55-38)45(2,3)4)43(51)48-40(44(52)53)41(50)32-13-10-9-11-14-32/h9-11,13-24,28-29,34,40-41,50H,5-8,12,25-27H2,1-4H3,(H,48,51)(H,52,53)/t34-,40+,41+/m1/s1. The molecular weight excluding hydrogens is 711 g/mol. The van der Waals surface area contributed by atoms with E-state index in [1.807, 2.05) is 54.6 Å². The Bertz CT molecular complexity index is 1990. The van der Waals surface area contributed by atoms with Gasteiger partial charge in [-0.05, 0) is 59.2 Å². The van der Waals surface area contributed by atoms with Crippen molar-refractivity contribution in [2.24, 2.45) is 5.92 Å². The van der Waals surface area contributed by atoms with Crippen LogP contribution in [-0.4, -0.2) is 50.5 Å². The number of carbonyl (C=O) groups excluding carboxylic acids is 2. The number of aromatic nitrogens is 2. The maximum absolute atomic E-state index is 13.8. The highest BCUT2D eigenvalue weighted by molar-refractivity contribution is 7.14. The average molecular weight is 762 g/mol. The third-order valence-corrected chi connectivity index (χ3v) is 11.0. The van der Waals surface area contributed by atoms with Gasteiger partial charge in [0, 0.05) is 40.7 Å². The number of carbonyl (C=O) groups is 3. The monoisotopic (exact) mass is 761 g/mol. The van der Waals surface area contributed by atoms with Gasteiger partial charge in [-0.15, -0.1) is 11.3 Å². The SMILES string of the molecule is CCCCCCCOc1ccc(-c2cnc(-c3ccc(C[C@H](CC(=O)c4ccc(C(C)(C)C)s4)C(=O)N[C@H](C(=O)O)[C@@H](O)c4ccccc4)cc3)nc2)cc1. The fourth-order valence-electron chi connectivity index (χ4n) is 6.20. The quantitative estimate of drug-likeness (QED) is 0.0559. The molecule has 0 bridgehead atoms. The number of hydrogen-bond acceptors (Lipinski definition) is 8. The Hall–Kier alpha value is -5.19. The van der Waals surface area contributed by atoms with E-state index >= 15 is 0 Å². The van der Waals surface area contributed by atoms with Crippen molar-refractivity contribution in [3.8, 4) is 28.3 Å². The van der Waals surface area contributed by atoms with Crippen LogP contribution >= 0.6 is 11.3 Å². The summed E-state index contributed by atoms with van der Waals surface area (Å²) in [5, 5.41) is 23.4. The predicted molar refractivity (Wildman–Crippen MR) is 217 cm³/mol. The lowest BCUT2D eigenvalue weighted by atomic mass is 9.91. The van der Waals surface area contributed by atoms with Crippen molar-refractivity contribution in [2.75, 3.05) is 6.61 Å². The average Bonchev–Trinajstić information content (AvgIpc) is 3.71. The molecule has 2 heterocycles. The maximum atomic E-state index is 13.8. The summed E-state index contributed by atoms with van der Waals surface area (Å²) in [6, 6.07) is 25.8. The Kier molecular flexibility index (Phi) is 14.5. The van der Waals surface area contributed by atoms with Crippen molar-refractivity contribution in [2.45, 2.75) is 90.2 Å². The summed E-state index contributed by atoms with van der Waals surface area (Å²) in [5.74, 6) is -1.74. The second kappa shape index (κ2) is 19.4. The van der Waals surface area contributed by atoms with Crippen molar-refractivity contribution in [1.82, 2.24) is 15.3 Å². The molecule has 3 aromatic carbocycles. The van der Waals surface area contributed by atoms with Crippen molar-refractivity contribution in [3.05, 3.63) is 124 Å². The van der Waals surface area contributed by atoms with Crippen molar-refractivity contribution in [1.29, 1.82) is 0 Å². The van der Waals surface area contributed by atoms with Gasteiger partial charge in [0.1, 0.15) is 11.9 Å². The zero-order valence-corrected chi connectivity index (χ0v) is 32.9. The van der Waals surface area contributed by atoms with E-state index in [1.54, 1.807) is 48.8 Å². The lowest BCUT2D eigenvalue weighted by Gasteiger charge is -2.24. The number of carboxylic acid groups (broad SMARTS) is 1. The number of Topliss-reactive ketones (excluding diaryl/α,β-unsaturated/α-hetero) is 1. The number of aliphatic carboxylic acids is 1. The highest BCUT2D eigenvalue weighted by Gasteiger charge is 2.33. The van der Waals surface area contributed by atoms with Crippen LogP contribution in [-0.2, 0) is 21.4 Å². The molecule has 0 fully saturated rings. The van der Waals surface area contributed by atoms with Crippen molar-refractivity contribution >= 4 is 29.0 Å². The van der Waals surface area contributed by atoms with Crippen LogP contribution in [0.25, 0.3) is 22.5 Å². The summed E-state index contributed by atoms with van der Waals surface area (Å²) in [7, 11) is 0. The zero-order chi connectivity index (χ0) is 39.4. The Morgan fingerprint density at radius 2 is 1.45 bits per heavy atom. The van der Waals surface area contributed by atoms with Gasteiger partial charge in [0.2, 0.25) is 5.91 Å². The molecule has 5 rings (SSSR count). The number of ketones is 1. The molecule has 1 amide bonds. The van der Waals surface area contributed by atoms with E-state index in [9.17, 15) is 24.6 Å². The van der Waals surface area contributed by atoms with Gasteiger partial charge in [0.05, 0.1) is 11.5 Å². The first-order valence-electron chi connectivity index (χ1n) is 19.0. The number of aliphatic hydroxyl groups excluding tert-OH is 1. The lowest BCUT2D eigenvalue weighted by molar-refractivity contribution is -0.146. The zero-order valence-electron chi connectivity index (χ0n) is 32.0. The third kappa shape index (κ3) is 11.7. The molecule has 3 N–H and O–H groups in total. The minimum absolute atomic E-state index is 0.137. The second-order valence-electron chi connectivity index (χ2n) is 14.9. The number of ether oxygens (including phenoxy) is 1. The van der Waals surface area contributed by atoms with E-state index in [-0.39, 0.29) is 24.0 Å². The van der Waals surface area contributed by atoms with Crippen LogP contribution in [0.1, 0.15) is 98.0 Å². The summed E-state index contributed by atoms with van der Waals surface area (Å²) >= 11 is 1.40. The second-order valence-corrected chi connectivity index (χ2v) is 16.0. The summed E-state index contributed by atoms with van der Waals surface area (Å²) in [6.07, 6.45) is 8.08. The van der Waals surface area contributed by atoms with Crippen LogP contribution in [0, 0.1) is 5.92 Å². The first-order chi connectivity index (χ1) is 26.4. The lowest BCUT2D eigenvalue weighted by Crippen LogP contribution is -2.47. The topological polar surface area (TPSA) is 139 Å². The normalized spacial score (nSPS) is 13.1. The van der Waals surface area contributed by atoms with Gasteiger partial charge in [-0.1, -0.05) is 120 Å². The number of rotatable bonds is 19. The van der Waals surface area contributed by atoms with Crippen LogP contribution in [0.15, 0.2) is 103 Å².